The number of nitrogens with one attached hydrogen (secondary N) is 1. The Kier molecular flexibility index (Phi) is 4.83. The van der Waals surface area contributed by atoms with Crippen LogP contribution >= 0.6 is 0 Å². The number of nitrogens with zero attached hydrogens (tertiary/aromatic N) is 4. The first kappa shape index (κ1) is 18.9. The van der Waals surface area contributed by atoms with Crippen molar-refractivity contribution in [1.29, 1.82) is 0 Å². The highest BCUT2D eigenvalue weighted by molar-refractivity contribution is 6.09. The Hall–Kier alpha value is -3.06. The van der Waals surface area contributed by atoms with Gasteiger partial charge in [0.2, 0.25) is 0 Å². The molecule has 1 fully saturated rings. The van der Waals surface area contributed by atoms with Crippen LogP contribution in [0.3, 0.4) is 0 Å². The Morgan fingerprint density at radius 2 is 1.83 bits per heavy atom. The molecule has 154 valence electrons. The van der Waals surface area contributed by atoms with Crippen LogP contribution in [0.15, 0.2) is 42.7 Å². The second-order valence-electron chi connectivity index (χ2n) is 7.87. The summed E-state index contributed by atoms with van der Waals surface area (Å²) in [4.78, 5) is 17.3. The third-order valence-corrected chi connectivity index (χ3v) is 5.97. The first-order chi connectivity index (χ1) is 14.6. The van der Waals surface area contributed by atoms with Gasteiger partial charge in [-0.05, 0) is 42.7 Å². The number of anilines is 1. The lowest BCUT2D eigenvalue weighted by molar-refractivity contribution is 0.260. The molecule has 0 amide bonds. The third kappa shape index (κ3) is 3.39. The van der Waals surface area contributed by atoms with Gasteiger partial charge in [-0.25, -0.2) is 18.7 Å². The van der Waals surface area contributed by atoms with Gasteiger partial charge < -0.3 is 9.88 Å². The molecule has 2 aromatic heterocycles. The molecule has 1 aliphatic heterocycles. The lowest BCUT2D eigenvalue weighted by atomic mass is 10.1. The Morgan fingerprint density at radius 3 is 2.63 bits per heavy atom. The summed E-state index contributed by atoms with van der Waals surface area (Å²) in [5, 5.41) is 1.15. The first-order valence-corrected chi connectivity index (χ1v) is 10.2. The van der Waals surface area contributed by atoms with Crippen molar-refractivity contribution in [2.45, 2.75) is 13.3 Å². The minimum absolute atomic E-state index is 0.705. The Morgan fingerprint density at radius 1 is 1.00 bits per heavy atom. The fourth-order valence-electron chi connectivity index (χ4n) is 4.31. The summed E-state index contributed by atoms with van der Waals surface area (Å²) in [6, 6.07) is 10.4. The smallest absolute Gasteiger partial charge is 0.159 e. The van der Waals surface area contributed by atoms with E-state index in [9.17, 15) is 8.78 Å². The van der Waals surface area contributed by atoms with E-state index in [1.165, 1.54) is 17.7 Å². The molecule has 1 saturated heterocycles. The number of fused-ring (bicyclic) bond motifs is 3. The molecule has 7 heteroatoms. The molecule has 5 nitrogen and oxygen atoms in total. The van der Waals surface area contributed by atoms with Gasteiger partial charge in [0.05, 0.1) is 0 Å². The van der Waals surface area contributed by atoms with Crippen LogP contribution in [-0.2, 0) is 6.42 Å². The summed E-state index contributed by atoms with van der Waals surface area (Å²) in [6.07, 6.45) is 2.35. The maximum atomic E-state index is 13.4. The van der Waals surface area contributed by atoms with Crippen molar-refractivity contribution in [3.05, 3.63) is 65.5 Å². The van der Waals surface area contributed by atoms with Crippen LogP contribution in [-0.4, -0.2) is 52.6 Å². The van der Waals surface area contributed by atoms with E-state index in [0.29, 0.717) is 6.42 Å². The van der Waals surface area contributed by atoms with E-state index in [-0.39, 0.29) is 0 Å². The largest absolute Gasteiger partial charge is 0.352 e. The van der Waals surface area contributed by atoms with Gasteiger partial charge in [0, 0.05) is 43.6 Å². The zero-order valence-electron chi connectivity index (χ0n) is 16.8. The summed E-state index contributed by atoms with van der Waals surface area (Å²) < 4.78 is 26.5. The van der Waals surface area contributed by atoms with E-state index >= 15 is 0 Å². The molecule has 30 heavy (non-hydrogen) atoms. The molecule has 2 aromatic carbocycles. The van der Waals surface area contributed by atoms with E-state index in [2.05, 4.69) is 43.8 Å². The van der Waals surface area contributed by atoms with Crippen LogP contribution in [0, 0.1) is 18.6 Å². The number of hydrogen-bond donors (Lipinski definition) is 1. The Labute approximate surface area is 173 Å². The Balaban J connectivity index is 1.29. The molecule has 3 heterocycles. The highest BCUT2D eigenvalue weighted by Gasteiger charge is 2.21. The average Bonchev–Trinajstić information content (AvgIpc) is 3.15. The topological polar surface area (TPSA) is 48.1 Å². The van der Waals surface area contributed by atoms with Crippen molar-refractivity contribution in [1.82, 2.24) is 19.9 Å². The SMILES string of the molecule is Cc1cccc2[nH]c3c(N4CCN(CCc5ccc(F)c(F)c5)CC4)ncnc3c12. The van der Waals surface area contributed by atoms with E-state index in [1.54, 1.807) is 12.4 Å². The van der Waals surface area contributed by atoms with Crippen molar-refractivity contribution in [3.8, 4) is 0 Å². The number of aryl methyl sites for hydroxylation is 1. The fourth-order valence-corrected chi connectivity index (χ4v) is 4.31. The number of halogens is 2. The molecule has 5 rings (SSSR count). The second-order valence-corrected chi connectivity index (χ2v) is 7.87. The molecule has 0 atom stereocenters. The number of H-pyrrole nitrogens is 1. The van der Waals surface area contributed by atoms with Gasteiger partial charge >= 0.3 is 0 Å². The predicted octanol–water partition coefficient (Wildman–Crippen LogP) is 4.06. The van der Waals surface area contributed by atoms with Gasteiger partial charge in [0.25, 0.3) is 0 Å². The van der Waals surface area contributed by atoms with Crippen molar-refractivity contribution >= 4 is 27.8 Å². The van der Waals surface area contributed by atoms with E-state index in [0.717, 1.165) is 66.0 Å². The highest BCUT2D eigenvalue weighted by atomic mass is 19.2. The maximum absolute atomic E-state index is 13.4. The number of aromatic amines is 1. The predicted molar refractivity (Wildman–Crippen MR) is 115 cm³/mol. The standard InChI is InChI=1S/C23H23F2N5/c1-15-3-2-4-19-20(15)21-22(28-19)23(27-14-26-21)30-11-9-29(10-12-30)8-7-16-5-6-17(24)18(25)13-16/h2-6,13-14,28H,7-12H2,1H3. The number of benzene rings is 2. The molecule has 0 unspecified atom stereocenters. The summed E-state index contributed by atoms with van der Waals surface area (Å²) in [7, 11) is 0. The molecule has 0 saturated carbocycles. The normalized spacial score (nSPS) is 15.4. The molecule has 0 aliphatic carbocycles. The number of aromatic nitrogens is 3. The molecular weight excluding hydrogens is 384 g/mol. The van der Waals surface area contributed by atoms with Gasteiger partial charge in [0.15, 0.2) is 17.5 Å². The summed E-state index contributed by atoms with van der Waals surface area (Å²) in [6.45, 7) is 6.44. The average molecular weight is 407 g/mol. The van der Waals surface area contributed by atoms with Crippen molar-refractivity contribution in [2.24, 2.45) is 0 Å². The van der Waals surface area contributed by atoms with Crippen LogP contribution < -0.4 is 4.90 Å². The second kappa shape index (κ2) is 7.65. The van der Waals surface area contributed by atoms with Gasteiger partial charge in [-0.15, -0.1) is 0 Å². The minimum atomic E-state index is -0.796. The van der Waals surface area contributed by atoms with Crippen LogP contribution in [0.4, 0.5) is 14.6 Å². The monoisotopic (exact) mass is 407 g/mol. The van der Waals surface area contributed by atoms with Crippen molar-refractivity contribution in [3.63, 3.8) is 0 Å². The lowest BCUT2D eigenvalue weighted by Crippen LogP contribution is -2.47. The molecule has 0 radical (unpaired) electrons. The molecule has 1 aliphatic rings. The quantitative estimate of drug-likeness (QED) is 0.554. The van der Waals surface area contributed by atoms with Crippen LogP contribution in [0.5, 0.6) is 0 Å². The molecule has 0 bridgehead atoms. The number of hydrogen-bond acceptors (Lipinski definition) is 4. The number of piperazine rings is 1. The minimum Gasteiger partial charge on any atom is -0.352 e. The van der Waals surface area contributed by atoms with Gasteiger partial charge in [-0.2, -0.15) is 0 Å². The van der Waals surface area contributed by atoms with E-state index < -0.39 is 11.6 Å². The van der Waals surface area contributed by atoms with Crippen LogP contribution in [0.25, 0.3) is 21.9 Å². The highest BCUT2D eigenvalue weighted by Crippen LogP contribution is 2.31. The molecule has 1 N–H and O–H groups in total. The Bertz CT molecular complexity index is 1210. The lowest BCUT2D eigenvalue weighted by Gasteiger charge is -2.35. The van der Waals surface area contributed by atoms with E-state index in [1.807, 2.05) is 6.07 Å². The molecule has 4 aromatic rings. The molecule has 0 spiro atoms. The van der Waals surface area contributed by atoms with Crippen LogP contribution in [0.2, 0.25) is 0 Å². The molecular formula is C23H23F2N5. The zero-order valence-corrected chi connectivity index (χ0v) is 16.8. The summed E-state index contributed by atoms with van der Waals surface area (Å²) >= 11 is 0. The first-order valence-electron chi connectivity index (χ1n) is 10.2. The van der Waals surface area contributed by atoms with E-state index in [4.69, 9.17) is 0 Å². The van der Waals surface area contributed by atoms with Crippen LogP contribution in [0.1, 0.15) is 11.1 Å². The summed E-state index contributed by atoms with van der Waals surface area (Å²) in [5.74, 6) is -0.634. The fraction of sp³-hybridized carbons (Fsp3) is 0.304. The van der Waals surface area contributed by atoms with Gasteiger partial charge in [-0.1, -0.05) is 18.2 Å². The van der Waals surface area contributed by atoms with Gasteiger partial charge in [0.1, 0.15) is 17.4 Å². The summed E-state index contributed by atoms with van der Waals surface area (Å²) in [5.41, 5.74) is 5.05. The van der Waals surface area contributed by atoms with Crippen molar-refractivity contribution in [2.75, 3.05) is 37.6 Å². The van der Waals surface area contributed by atoms with Crippen molar-refractivity contribution < 1.29 is 8.78 Å². The zero-order chi connectivity index (χ0) is 20.7. The third-order valence-electron chi connectivity index (χ3n) is 5.97. The maximum Gasteiger partial charge on any atom is 0.159 e. The number of rotatable bonds is 4. The van der Waals surface area contributed by atoms with Gasteiger partial charge in [-0.3, -0.25) is 4.90 Å².